The van der Waals surface area contributed by atoms with Crippen LogP contribution >= 0.6 is 11.6 Å². The van der Waals surface area contributed by atoms with E-state index < -0.39 is 0 Å². The first-order valence-corrected chi connectivity index (χ1v) is 7.49. The van der Waals surface area contributed by atoms with Gasteiger partial charge < -0.3 is 4.57 Å². The van der Waals surface area contributed by atoms with Crippen molar-refractivity contribution in [2.45, 2.75) is 50.6 Å². The van der Waals surface area contributed by atoms with Crippen LogP contribution < -0.4 is 0 Å². The van der Waals surface area contributed by atoms with Crippen molar-refractivity contribution in [3.05, 3.63) is 36.2 Å². The highest BCUT2D eigenvalue weighted by Crippen LogP contribution is 2.27. The Balaban J connectivity index is 1.67. The highest BCUT2D eigenvalue weighted by Gasteiger charge is 2.15. The van der Waals surface area contributed by atoms with E-state index in [9.17, 15) is 0 Å². The topological polar surface area (TPSA) is 35.6 Å². The first-order valence-electron chi connectivity index (χ1n) is 6.96. The standard InChI is InChI=1S/C14H19ClN4/c15-8-13-10-18(11-16-13)9-12-6-7-19(17-12)14-4-2-1-3-5-14/h6-7,10-11,14H,1-5,8-9H2. The summed E-state index contributed by atoms with van der Waals surface area (Å²) in [5.74, 6) is 0.462. The number of nitrogens with zero attached hydrogens (tertiary/aromatic N) is 4. The van der Waals surface area contributed by atoms with Crippen LogP contribution in [0.1, 0.15) is 49.5 Å². The lowest BCUT2D eigenvalue weighted by Crippen LogP contribution is -2.13. The van der Waals surface area contributed by atoms with Crippen LogP contribution in [0.15, 0.2) is 24.8 Å². The van der Waals surface area contributed by atoms with Gasteiger partial charge in [0.05, 0.1) is 36.2 Å². The molecule has 2 aromatic rings. The quantitative estimate of drug-likeness (QED) is 0.804. The molecule has 2 heterocycles. The van der Waals surface area contributed by atoms with Crippen LogP contribution in [0.25, 0.3) is 0 Å². The van der Waals surface area contributed by atoms with E-state index in [0.717, 1.165) is 17.9 Å². The van der Waals surface area contributed by atoms with Crippen LogP contribution in [-0.4, -0.2) is 19.3 Å². The molecule has 0 unspecified atom stereocenters. The van der Waals surface area contributed by atoms with Crippen molar-refractivity contribution < 1.29 is 0 Å². The van der Waals surface area contributed by atoms with Gasteiger partial charge in [0.25, 0.3) is 0 Å². The summed E-state index contributed by atoms with van der Waals surface area (Å²) in [6, 6.07) is 2.71. The molecule has 1 aliphatic rings. The second-order valence-electron chi connectivity index (χ2n) is 5.25. The van der Waals surface area contributed by atoms with E-state index in [0.29, 0.717) is 11.9 Å². The minimum absolute atomic E-state index is 0.462. The fourth-order valence-electron chi connectivity index (χ4n) is 2.76. The maximum absolute atomic E-state index is 5.75. The van der Waals surface area contributed by atoms with Gasteiger partial charge in [-0.3, -0.25) is 4.68 Å². The van der Waals surface area contributed by atoms with E-state index in [4.69, 9.17) is 16.7 Å². The van der Waals surface area contributed by atoms with Crippen LogP contribution in [-0.2, 0) is 12.4 Å². The van der Waals surface area contributed by atoms with Crippen molar-refractivity contribution in [2.24, 2.45) is 0 Å². The number of halogens is 1. The average Bonchev–Trinajstić information content (AvgIpc) is 3.09. The van der Waals surface area contributed by atoms with Gasteiger partial charge in [0, 0.05) is 12.4 Å². The van der Waals surface area contributed by atoms with Crippen molar-refractivity contribution in [1.82, 2.24) is 19.3 Å². The summed E-state index contributed by atoms with van der Waals surface area (Å²) in [7, 11) is 0. The van der Waals surface area contributed by atoms with Gasteiger partial charge >= 0.3 is 0 Å². The Labute approximate surface area is 118 Å². The largest absolute Gasteiger partial charge is 0.331 e. The normalized spacial score (nSPS) is 16.9. The van der Waals surface area contributed by atoms with Gasteiger partial charge in [-0.05, 0) is 18.9 Å². The predicted octanol–water partition coefficient (Wildman–Crippen LogP) is 3.37. The Hall–Kier alpha value is -1.29. The number of rotatable bonds is 4. The fraction of sp³-hybridized carbons (Fsp3) is 0.571. The summed E-state index contributed by atoms with van der Waals surface area (Å²) in [6.07, 6.45) is 12.5. The number of hydrogen-bond acceptors (Lipinski definition) is 2. The van der Waals surface area contributed by atoms with Crippen LogP contribution in [0.4, 0.5) is 0 Å². The van der Waals surface area contributed by atoms with Gasteiger partial charge in [0.1, 0.15) is 0 Å². The summed E-state index contributed by atoms with van der Waals surface area (Å²) in [5.41, 5.74) is 2.00. The van der Waals surface area contributed by atoms with Gasteiger partial charge in [-0.25, -0.2) is 4.98 Å². The van der Waals surface area contributed by atoms with Crippen molar-refractivity contribution in [3.8, 4) is 0 Å². The van der Waals surface area contributed by atoms with Gasteiger partial charge in [-0.15, -0.1) is 11.6 Å². The molecule has 0 saturated heterocycles. The molecule has 102 valence electrons. The highest BCUT2D eigenvalue weighted by molar-refractivity contribution is 6.16. The summed E-state index contributed by atoms with van der Waals surface area (Å²) in [4.78, 5) is 4.22. The fourth-order valence-corrected chi connectivity index (χ4v) is 2.90. The molecule has 3 rings (SSSR count). The molecular formula is C14H19ClN4. The Morgan fingerprint density at radius 1 is 1.21 bits per heavy atom. The van der Waals surface area contributed by atoms with Crippen LogP contribution in [0.2, 0.25) is 0 Å². The summed E-state index contributed by atoms with van der Waals surface area (Å²) in [6.45, 7) is 0.767. The van der Waals surface area contributed by atoms with Crippen molar-refractivity contribution in [2.75, 3.05) is 0 Å². The van der Waals surface area contributed by atoms with E-state index in [1.54, 1.807) is 0 Å². The minimum Gasteiger partial charge on any atom is -0.331 e. The first kappa shape index (κ1) is 12.7. The molecule has 0 spiro atoms. The SMILES string of the molecule is ClCc1cn(Cc2ccn(C3CCCCC3)n2)cn1. The Bertz CT molecular complexity index is 525. The highest BCUT2D eigenvalue weighted by atomic mass is 35.5. The molecule has 4 nitrogen and oxygen atoms in total. The molecule has 0 N–H and O–H groups in total. The molecule has 0 bridgehead atoms. The maximum Gasteiger partial charge on any atom is 0.0953 e. The van der Waals surface area contributed by atoms with Crippen molar-refractivity contribution in [1.29, 1.82) is 0 Å². The molecule has 19 heavy (non-hydrogen) atoms. The molecule has 1 fully saturated rings. The van der Waals surface area contributed by atoms with Gasteiger partial charge in [-0.2, -0.15) is 5.10 Å². The van der Waals surface area contributed by atoms with E-state index >= 15 is 0 Å². The van der Waals surface area contributed by atoms with Gasteiger partial charge in [-0.1, -0.05) is 19.3 Å². The summed E-state index contributed by atoms with van der Waals surface area (Å²) < 4.78 is 4.18. The molecule has 5 heteroatoms. The zero-order chi connectivity index (χ0) is 13.1. The summed E-state index contributed by atoms with van der Waals surface area (Å²) in [5, 5.41) is 4.70. The van der Waals surface area contributed by atoms with Crippen molar-refractivity contribution >= 4 is 11.6 Å². The molecule has 0 aromatic carbocycles. The predicted molar refractivity (Wildman–Crippen MR) is 75.2 cm³/mol. The Kier molecular flexibility index (Phi) is 3.87. The monoisotopic (exact) mass is 278 g/mol. The van der Waals surface area contributed by atoms with E-state index in [1.165, 1.54) is 32.1 Å². The van der Waals surface area contributed by atoms with Gasteiger partial charge in [0.2, 0.25) is 0 Å². The number of alkyl halides is 1. The van der Waals surface area contributed by atoms with Crippen molar-refractivity contribution in [3.63, 3.8) is 0 Å². The average molecular weight is 279 g/mol. The zero-order valence-corrected chi connectivity index (χ0v) is 11.8. The van der Waals surface area contributed by atoms with Crippen LogP contribution in [0.3, 0.4) is 0 Å². The zero-order valence-electron chi connectivity index (χ0n) is 11.0. The van der Waals surface area contributed by atoms with Crippen LogP contribution in [0.5, 0.6) is 0 Å². The molecule has 0 amide bonds. The van der Waals surface area contributed by atoms with E-state index in [1.807, 2.05) is 17.1 Å². The Morgan fingerprint density at radius 2 is 2.05 bits per heavy atom. The Morgan fingerprint density at radius 3 is 2.79 bits per heavy atom. The lowest BCUT2D eigenvalue weighted by Gasteiger charge is -2.21. The number of imidazole rings is 1. The third-order valence-corrected chi connectivity index (χ3v) is 4.05. The summed E-state index contributed by atoms with van der Waals surface area (Å²) >= 11 is 5.75. The number of hydrogen-bond donors (Lipinski definition) is 0. The molecule has 0 radical (unpaired) electrons. The molecule has 0 aliphatic heterocycles. The third kappa shape index (κ3) is 3.00. The first-order chi connectivity index (χ1) is 9.35. The smallest absolute Gasteiger partial charge is 0.0953 e. The lowest BCUT2D eigenvalue weighted by molar-refractivity contribution is 0.328. The molecule has 2 aromatic heterocycles. The van der Waals surface area contributed by atoms with Crippen LogP contribution in [0, 0.1) is 0 Å². The second-order valence-corrected chi connectivity index (χ2v) is 5.52. The molecule has 1 aliphatic carbocycles. The lowest BCUT2D eigenvalue weighted by atomic mass is 9.96. The minimum atomic E-state index is 0.462. The molecular weight excluding hydrogens is 260 g/mol. The molecule has 0 atom stereocenters. The number of aromatic nitrogens is 4. The maximum atomic E-state index is 5.75. The third-order valence-electron chi connectivity index (χ3n) is 3.78. The van der Waals surface area contributed by atoms with E-state index in [2.05, 4.69) is 21.9 Å². The van der Waals surface area contributed by atoms with Gasteiger partial charge in [0.15, 0.2) is 0 Å². The second kappa shape index (κ2) is 5.78. The molecule has 1 saturated carbocycles. The van der Waals surface area contributed by atoms with E-state index in [-0.39, 0.29) is 0 Å².